The molecule has 0 aliphatic carbocycles. The van der Waals surface area contributed by atoms with Crippen molar-refractivity contribution < 1.29 is 4.79 Å². The van der Waals surface area contributed by atoms with Gasteiger partial charge in [0.1, 0.15) is 0 Å². The maximum Gasteiger partial charge on any atom is 0.236 e. The average molecular weight is 247 g/mol. The van der Waals surface area contributed by atoms with Crippen molar-refractivity contribution >= 4 is 11.6 Å². The molecule has 0 saturated carbocycles. The van der Waals surface area contributed by atoms with E-state index >= 15 is 0 Å². The Labute approximate surface area is 109 Å². The summed E-state index contributed by atoms with van der Waals surface area (Å²) in [6, 6.07) is 10.4. The molecule has 98 valence electrons. The minimum absolute atomic E-state index is 0.213. The minimum atomic E-state index is 0.213. The third-order valence-electron chi connectivity index (χ3n) is 3.28. The normalized spacial score (nSPS) is 15.8. The number of hydrogen-bond acceptors (Lipinski definition) is 3. The molecule has 1 heterocycles. The molecule has 1 N–H and O–H groups in total. The molecule has 0 bridgehead atoms. The number of amides is 1. The highest BCUT2D eigenvalue weighted by molar-refractivity contribution is 5.78. The van der Waals surface area contributed by atoms with Crippen molar-refractivity contribution in [2.45, 2.75) is 6.92 Å². The quantitative estimate of drug-likeness (QED) is 0.860. The summed E-state index contributed by atoms with van der Waals surface area (Å²) in [5.41, 5.74) is 1.25. The van der Waals surface area contributed by atoms with Crippen LogP contribution in [0.1, 0.15) is 6.92 Å². The van der Waals surface area contributed by atoms with Gasteiger partial charge in [-0.05, 0) is 18.7 Å². The molecule has 1 aliphatic heterocycles. The van der Waals surface area contributed by atoms with Gasteiger partial charge in [-0.1, -0.05) is 25.1 Å². The highest BCUT2D eigenvalue weighted by atomic mass is 16.2. The Balaban J connectivity index is 1.83. The first-order valence-corrected chi connectivity index (χ1v) is 6.59. The van der Waals surface area contributed by atoms with Crippen LogP contribution >= 0.6 is 0 Å². The van der Waals surface area contributed by atoms with Crippen LogP contribution in [0.15, 0.2) is 30.3 Å². The molecular formula is C14H21N3O. The molecule has 0 unspecified atom stereocenters. The Kier molecular flexibility index (Phi) is 4.59. The second-order valence-electron chi connectivity index (χ2n) is 4.48. The van der Waals surface area contributed by atoms with Gasteiger partial charge < -0.3 is 15.1 Å². The zero-order valence-corrected chi connectivity index (χ0v) is 10.9. The van der Waals surface area contributed by atoms with Crippen LogP contribution in [-0.4, -0.2) is 50.1 Å². The van der Waals surface area contributed by atoms with Gasteiger partial charge in [0.2, 0.25) is 5.91 Å². The summed E-state index contributed by atoms with van der Waals surface area (Å²) in [6.07, 6.45) is 0. The number of para-hydroxylation sites is 1. The molecule has 0 aromatic heterocycles. The molecule has 18 heavy (non-hydrogen) atoms. The summed E-state index contributed by atoms with van der Waals surface area (Å²) in [4.78, 5) is 16.1. The van der Waals surface area contributed by atoms with Crippen LogP contribution in [0, 0.1) is 0 Å². The van der Waals surface area contributed by atoms with E-state index in [4.69, 9.17) is 0 Å². The number of carbonyl (C=O) groups excluding carboxylic acids is 1. The molecule has 1 amide bonds. The van der Waals surface area contributed by atoms with E-state index in [1.165, 1.54) is 5.69 Å². The second kappa shape index (κ2) is 6.40. The number of nitrogens with one attached hydrogen (secondary N) is 1. The highest BCUT2D eigenvalue weighted by Gasteiger charge is 2.20. The van der Waals surface area contributed by atoms with Crippen LogP contribution < -0.4 is 10.2 Å². The van der Waals surface area contributed by atoms with Gasteiger partial charge in [0.05, 0.1) is 6.54 Å². The van der Waals surface area contributed by atoms with Gasteiger partial charge in [-0.25, -0.2) is 0 Å². The molecule has 1 aromatic rings. The van der Waals surface area contributed by atoms with Crippen molar-refractivity contribution in [1.82, 2.24) is 10.2 Å². The Morgan fingerprint density at radius 1 is 1.17 bits per heavy atom. The maximum absolute atomic E-state index is 11.8. The predicted octanol–water partition coefficient (Wildman–Crippen LogP) is 0.945. The summed E-state index contributed by atoms with van der Waals surface area (Å²) in [7, 11) is 0. The number of carbonyl (C=O) groups is 1. The molecule has 4 heteroatoms. The Bertz CT molecular complexity index is 372. The zero-order valence-electron chi connectivity index (χ0n) is 10.9. The molecule has 4 nitrogen and oxygen atoms in total. The van der Waals surface area contributed by atoms with Gasteiger partial charge in [0, 0.05) is 31.9 Å². The van der Waals surface area contributed by atoms with E-state index in [1.807, 2.05) is 17.9 Å². The first-order chi connectivity index (χ1) is 8.81. The lowest BCUT2D eigenvalue weighted by Crippen LogP contribution is -2.50. The monoisotopic (exact) mass is 247 g/mol. The SMILES string of the molecule is CCNCC(=O)N1CCN(c2ccccc2)CC1. The van der Waals surface area contributed by atoms with E-state index in [0.717, 1.165) is 32.7 Å². The topological polar surface area (TPSA) is 35.6 Å². The molecule has 0 spiro atoms. The molecule has 0 radical (unpaired) electrons. The summed E-state index contributed by atoms with van der Waals surface area (Å²) < 4.78 is 0. The van der Waals surface area contributed by atoms with E-state index in [1.54, 1.807) is 0 Å². The van der Waals surface area contributed by atoms with Crippen molar-refractivity contribution in [1.29, 1.82) is 0 Å². The van der Waals surface area contributed by atoms with Gasteiger partial charge in [-0.2, -0.15) is 0 Å². The fraction of sp³-hybridized carbons (Fsp3) is 0.500. The number of rotatable bonds is 4. The van der Waals surface area contributed by atoms with E-state index in [9.17, 15) is 4.79 Å². The first-order valence-electron chi connectivity index (χ1n) is 6.59. The van der Waals surface area contributed by atoms with Gasteiger partial charge in [0.25, 0.3) is 0 Å². The number of anilines is 1. The van der Waals surface area contributed by atoms with E-state index < -0.39 is 0 Å². The van der Waals surface area contributed by atoms with E-state index in [0.29, 0.717) is 6.54 Å². The summed E-state index contributed by atoms with van der Waals surface area (Å²) in [5, 5.41) is 3.08. The van der Waals surface area contributed by atoms with Crippen molar-refractivity contribution in [3.05, 3.63) is 30.3 Å². The molecule has 1 saturated heterocycles. The third-order valence-corrected chi connectivity index (χ3v) is 3.28. The molecule has 1 aromatic carbocycles. The number of hydrogen-bond donors (Lipinski definition) is 1. The predicted molar refractivity (Wildman–Crippen MR) is 73.8 cm³/mol. The summed E-state index contributed by atoms with van der Waals surface area (Å²) >= 11 is 0. The fourth-order valence-corrected chi connectivity index (χ4v) is 2.20. The number of likely N-dealkylation sites (N-methyl/N-ethyl adjacent to an activating group) is 1. The van der Waals surface area contributed by atoms with Gasteiger partial charge >= 0.3 is 0 Å². The Morgan fingerprint density at radius 3 is 2.44 bits per heavy atom. The largest absolute Gasteiger partial charge is 0.368 e. The summed E-state index contributed by atoms with van der Waals surface area (Å²) in [6.45, 7) is 6.79. The molecule has 0 atom stereocenters. The molecular weight excluding hydrogens is 226 g/mol. The smallest absolute Gasteiger partial charge is 0.236 e. The average Bonchev–Trinajstić information content (AvgIpc) is 2.46. The number of benzene rings is 1. The van der Waals surface area contributed by atoms with E-state index in [2.05, 4.69) is 34.5 Å². The third kappa shape index (κ3) is 3.23. The maximum atomic E-state index is 11.8. The van der Waals surface area contributed by atoms with Gasteiger partial charge in [0.15, 0.2) is 0 Å². The van der Waals surface area contributed by atoms with Crippen molar-refractivity contribution in [2.75, 3.05) is 44.2 Å². The van der Waals surface area contributed by atoms with Crippen molar-refractivity contribution in [3.8, 4) is 0 Å². The Morgan fingerprint density at radius 2 is 1.83 bits per heavy atom. The van der Waals surface area contributed by atoms with Crippen LogP contribution in [0.2, 0.25) is 0 Å². The lowest BCUT2D eigenvalue weighted by molar-refractivity contribution is -0.130. The van der Waals surface area contributed by atoms with Gasteiger partial charge in [-0.3, -0.25) is 4.79 Å². The lowest BCUT2D eigenvalue weighted by atomic mass is 10.2. The first kappa shape index (κ1) is 12.9. The van der Waals surface area contributed by atoms with Crippen LogP contribution in [0.3, 0.4) is 0 Å². The molecule has 2 rings (SSSR count). The van der Waals surface area contributed by atoms with Crippen LogP contribution in [0.4, 0.5) is 5.69 Å². The van der Waals surface area contributed by atoms with E-state index in [-0.39, 0.29) is 5.91 Å². The second-order valence-corrected chi connectivity index (χ2v) is 4.48. The summed E-state index contributed by atoms with van der Waals surface area (Å²) in [5.74, 6) is 0.213. The van der Waals surface area contributed by atoms with Crippen LogP contribution in [-0.2, 0) is 4.79 Å². The highest BCUT2D eigenvalue weighted by Crippen LogP contribution is 2.15. The fourth-order valence-electron chi connectivity index (χ4n) is 2.20. The van der Waals surface area contributed by atoms with Crippen LogP contribution in [0.5, 0.6) is 0 Å². The molecule has 1 fully saturated rings. The zero-order chi connectivity index (χ0) is 12.8. The lowest BCUT2D eigenvalue weighted by Gasteiger charge is -2.36. The van der Waals surface area contributed by atoms with Crippen LogP contribution in [0.25, 0.3) is 0 Å². The molecule has 1 aliphatic rings. The standard InChI is InChI=1S/C14H21N3O/c1-2-15-12-14(18)17-10-8-16(9-11-17)13-6-4-3-5-7-13/h3-7,15H,2,8-12H2,1H3. The number of piperazine rings is 1. The number of nitrogens with zero attached hydrogens (tertiary/aromatic N) is 2. The minimum Gasteiger partial charge on any atom is -0.368 e. The Hall–Kier alpha value is -1.55. The van der Waals surface area contributed by atoms with Gasteiger partial charge in [-0.15, -0.1) is 0 Å². The van der Waals surface area contributed by atoms with Crippen molar-refractivity contribution in [2.24, 2.45) is 0 Å². The van der Waals surface area contributed by atoms with Crippen molar-refractivity contribution in [3.63, 3.8) is 0 Å².